The van der Waals surface area contributed by atoms with Crippen molar-refractivity contribution >= 4 is 0 Å². The summed E-state index contributed by atoms with van der Waals surface area (Å²) >= 11 is 0. The van der Waals surface area contributed by atoms with Gasteiger partial charge in [0.1, 0.15) is 0 Å². The van der Waals surface area contributed by atoms with Gasteiger partial charge in [-0.25, -0.2) is 0 Å². The fourth-order valence-electron chi connectivity index (χ4n) is 4.44. The Balaban J connectivity index is 1.62. The maximum Gasteiger partial charge on any atom is 0.0677 e. The Morgan fingerprint density at radius 1 is 1.12 bits per heavy atom. The lowest BCUT2D eigenvalue weighted by molar-refractivity contribution is -0.129. The van der Waals surface area contributed by atoms with Gasteiger partial charge in [0.25, 0.3) is 0 Å². The lowest BCUT2D eigenvalue weighted by Crippen LogP contribution is -2.49. The number of ether oxygens (including phenoxy) is 1. The number of hydrogen-bond acceptors (Lipinski definition) is 2. The molecular formula is C14H21NO. The third-order valence-electron chi connectivity index (χ3n) is 4.90. The highest BCUT2D eigenvalue weighted by atomic mass is 16.5. The second kappa shape index (κ2) is 4.04. The maximum atomic E-state index is 8.79. The zero-order chi connectivity index (χ0) is 11.1. The van der Waals surface area contributed by atoms with Crippen LogP contribution in [0.1, 0.15) is 39.0 Å². The molecule has 0 aromatic heterocycles. The Kier molecular flexibility index (Phi) is 2.67. The molecule has 0 aromatic rings. The minimum Gasteiger partial charge on any atom is -0.376 e. The van der Waals surface area contributed by atoms with E-state index in [1.807, 2.05) is 6.92 Å². The fourth-order valence-corrected chi connectivity index (χ4v) is 4.44. The van der Waals surface area contributed by atoms with E-state index in [4.69, 9.17) is 10.00 Å². The molecule has 2 heteroatoms. The summed E-state index contributed by atoms with van der Waals surface area (Å²) in [6.45, 7) is 2.60. The van der Waals surface area contributed by atoms with Gasteiger partial charge < -0.3 is 4.74 Å². The van der Waals surface area contributed by atoms with E-state index in [2.05, 4.69) is 6.07 Å². The van der Waals surface area contributed by atoms with Crippen molar-refractivity contribution in [2.24, 2.45) is 29.6 Å². The van der Waals surface area contributed by atoms with Crippen LogP contribution in [0.5, 0.6) is 0 Å². The third-order valence-corrected chi connectivity index (χ3v) is 4.90. The molecule has 0 aliphatic heterocycles. The summed E-state index contributed by atoms with van der Waals surface area (Å²) in [6.07, 6.45) is 7.59. The van der Waals surface area contributed by atoms with Gasteiger partial charge in [0.15, 0.2) is 0 Å². The Morgan fingerprint density at radius 3 is 2.19 bits per heavy atom. The maximum absolute atomic E-state index is 8.79. The number of rotatable bonds is 3. The molecule has 4 rings (SSSR count). The monoisotopic (exact) mass is 219 g/mol. The average Bonchev–Trinajstić information content (AvgIpc) is 2.26. The van der Waals surface area contributed by atoms with Crippen LogP contribution in [0, 0.1) is 40.9 Å². The van der Waals surface area contributed by atoms with E-state index in [0.717, 1.165) is 23.7 Å². The second-order valence-electron chi connectivity index (χ2n) is 6.26. The molecule has 1 unspecified atom stereocenters. The molecule has 0 N–H and O–H groups in total. The Hall–Kier alpha value is -0.550. The van der Waals surface area contributed by atoms with Gasteiger partial charge in [-0.05, 0) is 62.7 Å². The standard InChI is InChI=1S/C14H21NO/c1-9(7-15)8-16-14-12-3-10-2-11(5-12)6-13(14)4-10/h9-14H,2-6,8H2,1H3. The minimum absolute atomic E-state index is 0.0530. The summed E-state index contributed by atoms with van der Waals surface area (Å²) in [4.78, 5) is 0. The summed E-state index contributed by atoms with van der Waals surface area (Å²) < 4.78 is 6.05. The molecule has 1 atom stereocenters. The van der Waals surface area contributed by atoms with E-state index >= 15 is 0 Å². The number of nitriles is 1. The van der Waals surface area contributed by atoms with Crippen molar-refractivity contribution in [2.45, 2.75) is 45.1 Å². The van der Waals surface area contributed by atoms with Crippen LogP contribution in [0.25, 0.3) is 0 Å². The topological polar surface area (TPSA) is 33.0 Å². The van der Waals surface area contributed by atoms with Gasteiger partial charge in [-0.3, -0.25) is 0 Å². The molecule has 2 nitrogen and oxygen atoms in total. The molecule has 4 saturated carbocycles. The van der Waals surface area contributed by atoms with Crippen LogP contribution in [-0.2, 0) is 4.74 Å². The van der Waals surface area contributed by atoms with Gasteiger partial charge in [-0.2, -0.15) is 5.26 Å². The summed E-state index contributed by atoms with van der Waals surface area (Å²) in [6, 6.07) is 2.26. The SMILES string of the molecule is CC(C#N)COC1C2CC3CC(C2)CC1C3. The first kappa shape index (κ1) is 10.6. The van der Waals surface area contributed by atoms with E-state index in [0.29, 0.717) is 12.7 Å². The van der Waals surface area contributed by atoms with Gasteiger partial charge in [0.2, 0.25) is 0 Å². The molecule has 88 valence electrons. The van der Waals surface area contributed by atoms with E-state index in [-0.39, 0.29) is 5.92 Å². The molecule has 0 saturated heterocycles. The van der Waals surface area contributed by atoms with Gasteiger partial charge >= 0.3 is 0 Å². The first-order valence-electron chi connectivity index (χ1n) is 6.77. The first-order chi connectivity index (χ1) is 7.76. The Morgan fingerprint density at radius 2 is 1.69 bits per heavy atom. The molecule has 4 aliphatic rings. The average molecular weight is 219 g/mol. The lowest BCUT2D eigenvalue weighted by atomic mass is 9.55. The molecule has 4 aliphatic carbocycles. The van der Waals surface area contributed by atoms with Gasteiger partial charge in [0, 0.05) is 0 Å². The molecule has 0 radical (unpaired) electrons. The van der Waals surface area contributed by atoms with Crippen LogP contribution in [0.15, 0.2) is 0 Å². The van der Waals surface area contributed by atoms with E-state index in [1.165, 1.54) is 32.1 Å². The van der Waals surface area contributed by atoms with Gasteiger partial charge in [-0.1, -0.05) is 0 Å². The Labute approximate surface area is 98.0 Å². The van der Waals surface area contributed by atoms with Crippen molar-refractivity contribution in [1.29, 1.82) is 5.26 Å². The summed E-state index contributed by atoms with van der Waals surface area (Å²) in [5.41, 5.74) is 0. The predicted molar refractivity (Wildman–Crippen MR) is 61.6 cm³/mol. The van der Waals surface area contributed by atoms with Crippen LogP contribution in [0.4, 0.5) is 0 Å². The van der Waals surface area contributed by atoms with Crippen molar-refractivity contribution in [2.75, 3.05) is 6.61 Å². The van der Waals surface area contributed by atoms with E-state index < -0.39 is 0 Å². The highest BCUT2D eigenvalue weighted by Crippen LogP contribution is 2.54. The molecule has 0 amide bonds. The normalized spacial score (nSPS) is 46.6. The summed E-state index contributed by atoms with van der Waals surface area (Å²) in [5, 5.41) is 8.79. The number of nitrogens with zero attached hydrogens (tertiary/aromatic N) is 1. The zero-order valence-corrected chi connectivity index (χ0v) is 10.1. The van der Waals surface area contributed by atoms with Crippen molar-refractivity contribution in [3.05, 3.63) is 0 Å². The van der Waals surface area contributed by atoms with Crippen molar-refractivity contribution in [3.63, 3.8) is 0 Å². The smallest absolute Gasteiger partial charge is 0.0677 e. The largest absolute Gasteiger partial charge is 0.376 e. The lowest BCUT2D eigenvalue weighted by Gasteiger charge is -2.54. The zero-order valence-electron chi connectivity index (χ0n) is 10.1. The molecule has 0 heterocycles. The third kappa shape index (κ3) is 1.76. The molecular weight excluding hydrogens is 198 g/mol. The highest BCUT2D eigenvalue weighted by Gasteiger charge is 2.48. The molecule has 16 heavy (non-hydrogen) atoms. The van der Waals surface area contributed by atoms with Gasteiger partial charge in [0.05, 0.1) is 24.7 Å². The number of hydrogen-bond donors (Lipinski definition) is 0. The summed E-state index contributed by atoms with van der Waals surface area (Å²) in [7, 11) is 0. The van der Waals surface area contributed by atoms with E-state index in [1.54, 1.807) is 0 Å². The molecule has 4 bridgehead atoms. The van der Waals surface area contributed by atoms with Crippen LogP contribution in [0.3, 0.4) is 0 Å². The fraction of sp³-hybridized carbons (Fsp3) is 0.929. The second-order valence-corrected chi connectivity index (χ2v) is 6.26. The van der Waals surface area contributed by atoms with Crippen molar-refractivity contribution in [1.82, 2.24) is 0 Å². The minimum atomic E-state index is 0.0530. The van der Waals surface area contributed by atoms with Gasteiger partial charge in [-0.15, -0.1) is 0 Å². The Bertz CT molecular complexity index is 278. The summed E-state index contributed by atoms with van der Waals surface area (Å²) in [5.74, 6) is 3.72. The van der Waals surface area contributed by atoms with Crippen molar-refractivity contribution in [3.8, 4) is 6.07 Å². The molecule has 4 fully saturated rings. The highest BCUT2D eigenvalue weighted by molar-refractivity contribution is 4.99. The molecule has 0 aromatic carbocycles. The first-order valence-corrected chi connectivity index (χ1v) is 6.77. The predicted octanol–water partition coefficient (Wildman–Crippen LogP) is 2.99. The van der Waals surface area contributed by atoms with Crippen LogP contribution >= 0.6 is 0 Å². The molecule has 0 spiro atoms. The van der Waals surface area contributed by atoms with Crippen molar-refractivity contribution < 1.29 is 4.74 Å². The van der Waals surface area contributed by atoms with E-state index in [9.17, 15) is 0 Å². The van der Waals surface area contributed by atoms with Crippen LogP contribution < -0.4 is 0 Å². The van der Waals surface area contributed by atoms with Crippen LogP contribution in [-0.4, -0.2) is 12.7 Å². The quantitative estimate of drug-likeness (QED) is 0.731. The van der Waals surface area contributed by atoms with Crippen LogP contribution in [0.2, 0.25) is 0 Å².